The summed E-state index contributed by atoms with van der Waals surface area (Å²) in [5, 5.41) is 9.80. The molecular formula is C17H18Cl2N2O3. The van der Waals surface area contributed by atoms with Gasteiger partial charge in [0, 0.05) is 18.2 Å². The van der Waals surface area contributed by atoms with Crippen LogP contribution >= 0.6 is 24.8 Å². The van der Waals surface area contributed by atoms with Crippen LogP contribution in [-0.4, -0.2) is 29.1 Å². The van der Waals surface area contributed by atoms with E-state index in [0.717, 1.165) is 11.3 Å². The zero-order valence-corrected chi connectivity index (χ0v) is 14.9. The monoisotopic (exact) mass is 368 g/mol. The van der Waals surface area contributed by atoms with E-state index in [1.165, 1.54) is 6.07 Å². The highest BCUT2D eigenvalue weighted by atomic mass is 35.5. The Hall–Kier alpha value is -2.08. The van der Waals surface area contributed by atoms with Crippen molar-refractivity contribution in [2.24, 2.45) is 0 Å². The second kappa shape index (κ2) is 8.15. The first-order valence-electron chi connectivity index (χ1n) is 6.91. The minimum absolute atomic E-state index is 0. The predicted octanol–water partition coefficient (Wildman–Crippen LogP) is 3.47. The molecule has 7 heteroatoms. The van der Waals surface area contributed by atoms with Gasteiger partial charge in [0.1, 0.15) is 11.5 Å². The van der Waals surface area contributed by atoms with Crippen LogP contribution < -0.4 is 5.43 Å². The van der Waals surface area contributed by atoms with E-state index in [2.05, 4.69) is 4.98 Å². The van der Waals surface area contributed by atoms with Crippen LogP contribution in [0.15, 0.2) is 51.7 Å². The molecule has 5 nitrogen and oxygen atoms in total. The number of phenolic OH excluding ortho intramolecular Hbond substituents is 1. The van der Waals surface area contributed by atoms with Crippen molar-refractivity contribution < 1.29 is 9.52 Å². The van der Waals surface area contributed by atoms with Crippen LogP contribution in [-0.2, 0) is 6.54 Å². The molecule has 1 N–H and O–H groups in total. The van der Waals surface area contributed by atoms with Crippen molar-refractivity contribution >= 4 is 35.9 Å². The molecule has 0 radical (unpaired) electrons. The lowest BCUT2D eigenvalue weighted by Gasteiger charge is -2.09. The number of rotatable bonds is 3. The van der Waals surface area contributed by atoms with Crippen LogP contribution in [0.1, 0.15) is 5.69 Å². The zero-order chi connectivity index (χ0) is 15.7. The third-order valence-corrected chi connectivity index (χ3v) is 3.28. The Labute approximate surface area is 151 Å². The molecule has 0 spiro atoms. The van der Waals surface area contributed by atoms with Crippen LogP contribution in [0.5, 0.6) is 5.75 Å². The SMILES string of the molecule is CN(C)Cc1ccc2c(=O)cc(-c3ccc(O)cc3)oc2n1.Cl.Cl. The van der Waals surface area contributed by atoms with Crippen molar-refractivity contribution in [1.82, 2.24) is 9.88 Å². The summed E-state index contributed by atoms with van der Waals surface area (Å²) in [5.74, 6) is 0.602. The molecule has 3 rings (SSSR count). The van der Waals surface area contributed by atoms with Crippen LogP contribution in [0.3, 0.4) is 0 Å². The van der Waals surface area contributed by atoms with Gasteiger partial charge in [-0.15, -0.1) is 24.8 Å². The van der Waals surface area contributed by atoms with Crippen molar-refractivity contribution in [3.05, 3.63) is 58.4 Å². The normalized spacial score (nSPS) is 10.3. The van der Waals surface area contributed by atoms with E-state index in [9.17, 15) is 9.90 Å². The number of pyridine rings is 1. The minimum atomic E-state index is -0.131. The first kappa shape index (κ1) is 20.0. The van der Waals surface area contributed by atoms with Gasteiger partial charge in [-0.3, -0.25) is 4.79 Å². The van der Waals surface area contributed by atoms with Gasteiger partial charge in [-0.2, -0.15) is 0 Å². The third-order valence-electron chi connectivity index (χ3n) is 3.28. The summed E-state index contributed by atoms with van der Waals surface area (Å²) < 4.78 is 5.78. The predicted molar refractivity (Wildman–Crippen MR) is 99.3 cm³/mol. The highest BCUT2D eigenvalue weighted by molar-refractivity contribution is 5.85. The molecular weight excluding hydrogens is 351 g/mol. The lowest BCUT2D eigenvalue weighted by atomic mass is 10.1. The number of aromatic nitrogens is 1. The van der Waals surface area contributed by atoms with E-state index in [-0.39, 0.29) is 36.0 Å². The maximum Gasteiger partial charge on any atom is 0.230 e. The van der Waals surface area contributed by atoms with Crippen molar-refractivity contribution in [2.75, 3.05) is 14.1 Å². The van der Waals surface area contributed by atoms with Gasteiger partial charge in [-0.05, 0) is 50.5 Å². The van der Waals surface area contributed by atoms with Gasteiger partial charge in [-0.1, -0.05) is 0 Å². The van der Waals surface area contributed by atoms with Gasteiger partial charge in [0.2, 0.25) is 5.71 Å². The molecule has 0 bridgehead atoms. The molecule has 0 saturated carbocycles. The molecule has 0 unspecified atom stereocenters. The van der Waals surface area contributed by atoms with Gasteiger partial charge in [0.15, 0.2) is 5.43 Å². The summed E-state index contributed by atoms with van der Waals surface area (Å²) in [4.78, 5) is 18.6. The van der Waals surface area contributed by atoms with E-state index in [4.69, 9.17) is 4.42 Å². The molecule has 0 fully saturated rings. The Kier molecular flexibility index (Phi) is 6.78. The fourth-order valence-corrected chi connectivity index (χ4v) is 2.25. The summed E-state index contributed by atoms with van der Waals surface area (Å²) >= 11 is 0. The molecule has 0 aliphatic carbocycles. The van der Waals surface area contributed by atoms with E-state index >= 15 is 0 Å². The molecule has 0 aliphatic heterocycles. The van der Waals surface area contributed by atoms with Crippen LogP contribution in [0.2, 0.25) is 0 Å². The van der Waals surface area contributed by atoms with Crippen molar-refractivity contribution in [1.29, 1.82) is 0 Å². The Balaban J connectivity index is 0.00000144. The largest absolute Gasteiger partial charge is 0.508 e. The average Bonchev–Trinajstić information content (AvgIpc) is 2.47. The van der Waals surface area contributed by atoms with Crippen molar-refractivity contribution in [2.45, 2.75) is 6.54 Å². The first-order valence-corrected chi connectivity index (χ1v) is 6.91. The van der Waals surface area contributed by atoms with E-state index in [0.29, 0.717) is 23.4 Å². The smallest absolute Gasteiger partial charge is 0.230 e. The highest BCUT2D eigenvalue weighted by Gasteiger charge is 2.09. The first-order chi connectivity index (χ1) is 10.5. The lowest BCUT2D eigenvalue weighted by Crippen LogP contribution is -2.12. The molecule has 0 aliphatic rings. The lowest BCUT2D eigenvalue weighted by molar-refractivity contribution is 0.396. The second-order valence-electron chi connectivity index (χ2n) is 5.41. The number of hydrogen-bond acceptors (Lipinski definition) is 5. The Morgan fingerprint density at radius 2 is 1.75 bits per heavy atom. The summed E-state index contributed by atoms with van der Waals surface area (Å²) in [6.07, 6.45) is 0. The summed E-state index contributed by atoms with van der Waals surface area (Å²) in [7, 11) is 3.91. The Morgan fingerprint density at radius 3 is 2.38 bits per heavy atom. The second-order valence-corrected chi connectivity index (χ2v) is 5.41. The van der Waals surface area contributed by atoms with Crippen LogP contribution in [0.25, 0.3) is 22.4 Å². The molecule has 1 aromatic carbocycles. The van der Waals surface area contributed by atoms with Crippen molar-refractivity contribution in [3.63, 3.8) is 0 Å². The molecule has 0 atom stereocenters. The van der Waals surface area contributed by atoms with Gasteiger partial charge in [-0.25, -0.2) is 4.98 Å². The van der Waals surface area contributed by atoms with Crippen LogP contribution in [0.4, 0.5) is 0 Å². The van der Waals surface area contributed by atoms with Gasteiger partial charge in [0.25, 0.3) is 0 Å². The standard InChI is InChI=1S/C17H16N2O3.2ClH/c1-19(2)10-12-5-8-14-15(21)9-16(22-17(14)18-12)11-3-6-13(20)7-4-11;;/h3-9,20H,10H2,1-2H3;2*1H. The minimum Gasteiger partial charge on any atom is -0.508 e. The van der Waals surface area contributed by atoms with Gasteiger partial charge < -0.3 is 14.4 Å². The molecule has 0 amide bonds. The average molecular weight is 369 g/mol. The Bertz CT molecular complexity index is 877. The number of halogens is 2. The Morgan fingerprint density at radius 1 is 1.08 bits per heavy atom. The summed E-state index contributed by atoms with van der Waals surface area (Å²) in [6.45, 7) is 0.670. The third kappa shape index (κ3) is 4.26. The van der Waals surface area contributed by atoms with Crippen LogP contribution in [0, 0.1) is 0 Å². The fraction of sp³-hybridized carbons (Fsp3) is 0.176. The van der Waals surface area contributed by atoms with E-state index in [1.54, 1.807) is 30.3 Å². The summed E-state index contributed by atoms with van der Waals surface area (Å²) in [5.41, 5.74) is 1.75. The molecule has 0 saturated heterocycles. The maximum atomic E-state index is 12.2. The van der Waals surface area contributed by atoms with Gasteiger partial charge in [0.05, 0.1) is 11.1 Å². The quantitative estimate of drug-likeness (QED) is 0.766. The maximum absolute atomic E-state index is 12.2. The number of benzene rings is 1. The molecule has 2 aromatic heterocycles. The van der Waals surface area contributed by atoms with Crippen molar-refractivity contribution in [3.8, 4) is 17.1 Å². The molecule has 2 heterocycles. The number of hydrogen-bond donors (Lipinski definition) is 1. The number of nitrogens with zero attached hydrogens (tertiary/aromatic N) is 2. The molecule has 3 aromatic rings. The number of fused-ring (bicyclic) bond motifs is 1. The van der Waals surface area contributed by atoms with Gasteiger partial charge >= 0.3 is 0 Å². The number of aromatic hydroxyl groups is 1. The number of phenols is 1. The fourth-order valence-electron chi connectivity index (χ4n) is 2.25. The molecule has 24 heavy (non-hydrogen) atoms. The topological polar surface area (TPSA) is 66.6 Å². The van der Waals surface area contributed by atoms with E-state index < -0.39 is 0 Å². The highest BCUT2D eigenvalue weighted by Crippen LogP contribution is 2.23. The summed E-state index contributed by atoms with van der Waals surface area (Å²) in [6, 6.07) is 11.5. The zero-order valence-electron chi connectivity index (χ0n) is 13.2. The van der Waals surface area contributed by atoms with E-state index in [1.807, 2.05) is 25.1 Å². The molecule has 128 valence electrons.